The highest BCUT2D eigenvalue weighted by Gasteiger charge is 2.02. The maximum absolute atomic E-state index is 11.3. The molecule has 0 spiro atoms. The van der Waals surface area contributed by atoms with Gasteiger partial charge in [-0.05, 0) is 41.1 Å². The Kier molecular flexibility index (Phi) is 5.93. The third-order valence-corrected chi connectivity index (χ3v) is 3.29. The van der Waals surface area contributed by atoms with Gasteiger partial charge < -0.3 is 10.1 Å². The summed E-state index contributed by atoms with van der Waals surface area (Å²) in [6.07, 6.45) is 3.08. The van der Waals surface area contributed by atoms with Gasteiger partial charge in [-0.3, -0.25) is 9.59 Å². The van der Waals surface area contributed by atoms with Crippen molar-refractivity contribution in [3.63, 3.8) is 0 Å². The van der Waals surface area contributed by atoms with Crippen molar-refractivity contribution in [2.45, 2.75) is 6.92 Å². The Balaban J connectivity index is 2.34. The normalized spacial score (nSPS) is 10.5. The summed E-state index contributed by atoms with van der Waals surface area (Å²) in [5.41, 5.74) is 0. The van der Waals surface area contributed by atoms with Crippen LogP contribution in [-0.4, -0.2) is 25.0 Å². The van der Waals surface area contributed by atoms with Gasteiger partial charge in [0.05, 0.1) is 10.4 Å². The lowest BCUT2D eigenvalue weighted by molar-refractivity contribution is -0.143. The number of thiophene rings is 1. The molecule has 1 N–H and O–H groups in total. The lowest BCUT2D eigenvalue weighted by atomic mass is 10.4. The number of rotatable bonds is 5. The second-order valence-electron chi connectivity index (χ2n) is 3.00. The minimum atomic E-state index is -0.437. The van der Waals surface area contributed by atoms with Gasteiger partial charge in [-0.2, -0.15) is 0 Å². The molecule has 0 radical (unpaired) electrons. The van der Waals surface area contributed by atoms with Gasteiger partial charge in [-0.1, -0.05) is 0 Å². The third kappa shape index (κ3) is 5.65. The van der Waals surface area contributed by atoms with Gasteiger partial charge in [0.1, 0.15) is 6.54 Å². The number of hydrogen-bond acceptors (Lipinski definition) is 4. The smallest absolute Gasteiger partial charge is 0.325 e. The summed E-state index contributed by atoms with van der Waals surface area (Å²) in [5, 5.41) is 2.44. The standard InChI is InChI=1S/C11H12BrNO3S/c1-2-16-11(15)7-13-10(14)6-4-8-3-5-9(12)17-8/h3-6H,2,7H2,1H3,(H,13,14)/b6-4+. The molecular formula is C11H12BrNO3S. The molecule has 1 heterocycles. The monoisotopic (exact) mass is 317 g/mol. The van der Waals surface area contributed by atoms with Gasteiger partial charge in [-0.25, -0.2) is 0 Å². The molecule has 4 nitrogen and oxygen atoms in total. The maximum atomic E-state index is 11.3. The van der Waals surface area contributed by atoms with Crippen LogP contribution in [0.15, 0.2) is 22.0 Å². The highest BCUT2D eigenvalue weighted by Crippen LogP contribution is 2.22. The average Bonchev–Trinajstić information content (AvgIpc) is 2.70. The fourth-order valence-electron chi connectivity index (χ4n) is 1.01. The maximum Gasteiger partial charge on any atom is 0.325 e. The van der Waals surface area contributed by atoms with Gasteiger partial charge in [0.15, 0.2) is 0 Å². The van der Waals surface area contributed by atoms with Crippen LogP contribution < -0.4 is 5.32 Å². The van der Waals surface area contributed by atoms with Crippen LogP contribution in [-0.2, 0) is 14.3 Å². The largest absolute Gasteiger partial charge is 0.465 e. The topological polar surface area (TPSA) is 55.4 Å². The number of halogens is 1. The lowest BCUT2D eigenvalue weighted by Crippen LogP contribution is -2.29. The van der Waals surface area contributed by atoms with Crippen LogP contribution in [0.1, 0.15) is 11.8 Å². The molecule has 0 saturated carbocycles. The molecule has 1 aromatic rings. The Morgan fingerprint density at radius 3 is 2.88 bits per heavy atom. The fourth-order valence-corrected chi connectivity index (χ4v) is 2.33. The van der Waals surface area contributed by atoms with E-state index < -0.39 is 5.97 Å². The Bertz CT molecular complexity index is 428. The van der Waals surface area contributed by atoms with E-state index in [4.69, 9.17) is 0 Å². The number of amides is 1. The quantitative estimate of drug-likeness (QED) is 0.669. The van der Waals surface area contributed by atoms with E-state index in [-0.39, 0.29) is 12.5 Å². The lowest BCUT2D eigenvalue weighted by Gasteiger charge is -2.01. The summed E-state index contributed by atoms with van der Waals surface area (Å²) < 4.78 is 5.68. The number of carbonyl (C=O) groups is 2. The highest BCUT2D eigenvalue weighted by atomic mass is 79.9. The molecule has 0 fully saturated rings. The van der Waals surface area contributed by atoms with Crippen molar-refractivity contribution in [1.29, 1.82) is 0 Å². The van der Waals surface area contributed by atoms with Crippen molar-refractivity contribution in [2.75, 3.05) is 13.2 Å². The first-order valence-corrected chi connectivity index (χ1v) is 6.59. The van der Waals surface area contributed by atoms with Gasteiger partial charge in [0.2, 0.25) is 5.91 Å². The van der Waals surface area contributed by atoms with E-state index in [0.717, 1.165) is 8.66 Å². The van der Waals surface area contributed by atoms with E-state index in [1.165, 1.54) is 17.4 Å². The van der Waals surface area contributed by atoms with Crippen molar-refractivity contribution < 1.29 is 14.3 Å². The van der Waals surface area contributed by atoms with Crippen LogP contribution in [0.2, 0.25) is 0 Å². The average molecular weight is 318 g/mol. The van der Waals surface area contributed by atoms with Crippen molar-refractivity contribution >= 4 is 45.2 Å². The molecule has 92 valence electrons. The Morgan fingerprint density at radius 1 is 1.53 bits per heavy atom. The molecule has 1 aromatic heterocycles. The first-order chi connectivity index (χ1) is 8.11. The second-order valence-corrected chi connectivity index (χ2v) is 5.49. The summed E-state index contributed by atoms with van der Waals surface area (Å²) >= 11 is 4.85. The van der Waals surface area contributed by atoms with Gasteiger partial charge in [-0.15, -0.1) is 11.3 Å². The van der Waals surface area contributed by atoms with Gasteiger partial charge in [0, 0.05) is 11.0 Å². The summed E-state index contributed by atoms with van der Waals surface area (Å²) in [5.74, 6) is -0.754. The van der Waals surface area contributed by atoms with Crippen molar-refractivity contribution in [2.24, 2.45) is 0 Å². The summed E-state index contributed by atoms with van der Waals surface area (Å²) in [6, 6.07) is 3.80. The third-order valence-electron chi connectivity index (χ3n) is 1.71. The number of carbonyl (C=O) groups excluding carboxylic acids is 2. The van der Waals surface area contributed by atoms with Crippen LogP contribution in [0.4, 0.5) is 0 Å². The van der Waals surface area contributed by atoms with E-state index in [9.17, 15) is 9.59 Å². The van der Waals surface area contributed by atoms with Crippen molar-refractivity contribution in [1.82, 2.24) is 5.32 Å². The molecule has 1 amide bonds. The van der Waals surface area contributed by atoms with E-state index >= 15 is 0 Å². The predicted octanol–water partition coefficient (Wildman–Crippen LogP) is 2.20. The van der Waals surface area contributed by atoms with E-state index in [2.05, 4.69) is 26.0 Å². The van der Waals surface area contributed by atoms with Crippen LogP contribution >= 0.6 is 27.3 Å². The number of nitrogens with one attached hydrogen (secondary N) is 1. The first kappa shape index (κ1) is 13.9. The minimum absolute atomic E-state index is 0.106. The zero-order valence-electron chi connectivity index (χ0n) is 9.23. The highest BCUT2D eigenvalue weighted by molar-refractivity contribution is 9.11. The molecular weight excluding hydrogens is 306 g/mol. The van der Waals surface area contributed by atoms with Crippen LogP contribution in [0, 0.1) is 0 Å². The molecule has 0 aliphatic rings. The number of hydrogen-bond donors (Lipinski definition) is 1. The zero-order chi connectivity index (χ0) is 12.7. The molecule has 6 heteroatoms. The first-order valence-electron chi connectivity index (χ1n) is 4.98. The van der Waals surface area contributed by atoms with Crippen LogP contribution in [0.25, 0.3) is 6.08 Å². The summed E-state index contributed by atoms with van der Waals surface area (Å²) in [7, 11) is 0. The SMILES string of the molecule is CCOC(=O)CNC(=O)/C=C/c1ccc(Br)s1. The predicted molar refractivity (Wildman–Crippen MR) is 70.7 cm³/mol. The van der Waals surface area contributed by atoms with E-state index in [1.54, 1.807) is 13.0 Å². The molecule has 0 aromatic carbocycles. The molecule has 17 heavy (non-hydrogen) atoms. The molecule has 1 rings (SSSR count). The summed E-state index contributed by atoms with van der Waals surface area (Å²) in [4.78, 5) is 23.2. The van der Waals surface area contributed by atoms with Gasteiger partial charge >= 0.3 is 5.97 Å². The molecule has 0 saturated heterocycles. The Hall–Kier alpha value is -1.14. The van der Waals surface area contributed by atoms with Crippen LogP contribution in [0.5, 0.6) is 0 Å². The zero-order valence-corrected chi connectivity index (χ0v) is 11.6. The number of esters is 1. The van der Waals surface area contributed by atoms with E-state index in [1.807, 2.05) is 12.1 Å². The van der Waals surface area contributed by atoms with Crippen molar-refractivity contribution in [3.8, 4) is 0 Å². The Morgan fingerprint density at radius 2 is 2.29 bits per heavy atom. The molecule has 0 aliphatic carbocycles. The molecule has 0 atom stereocenters. The van der Waals surface area contributed by atoms with Crippen LogP contribution in [0.3, 0.4) is 0 Å². The minimum Gasteiger partial charge on any atom is -0.465 e. The number of ether oxygens (including phenoxy) is 1. The second kappa shape index (κ2) is 7.24. The molecule has 0 bridgehead atoms. The van der Waals surface area contributed by atoms with E-state index in [0.29, 0.717) is 6.61 Å². The van der Waals surface area contributed by atoms with Gasteiger partial charge in [0.25, 0.3) is 0 Å². The Labute approximate surface area is 112 Å². The fraction of sp³-hybridized carbons (Fsp3) is 0.273. The molecule has 0 aliphatic heterocycles. The molecule has 0 unspecified atom stereocenters. The summed E-state index contributed by atoms with van der Waals surface area (Å²) in [6.45, 7) is 1.92. The van der Waals surface area contributed by atoms with Crippen molar-refractivity contribution in [3.05, 3.63) is 26.9 Å².